The Morgan fingerprint density at radius 2 is 1.94 bits per heavy atom. The zero-order valence-electron chi connectivity index (χ0n) is 10.8. The van der Waals surface area contributed by atoms with E-state index in [2.05, 4.69) is 15.9 Å². The van der Waals surface area contributed by atoms with Crippen LogP contribution < -0.4 is 4.90 Å². The molecule has 3 nitrogen and oxygen atoms in total. The normalized spacial score (nSPS) is 16.1. The smallest absolute Gasteiger partial charge is 0.299 e. The van der Waals surface area contributed by atoms with Gasteiger partial charge in [0.25, 0.3) is 11.7 Å². The molecule has 1 aromatic carbocycles. The number of carbonyl (C=O) groups excluding carboxylic acids is 2. The maximum absolute atomic E-state index is 12.0. The highest BCUT2D eigenvalue weighted by Gasteiger charge is 2.37. The largest absolute Gasteiger partial charge is 0.304 e. The molecule has 4 heteroatoms. The van der Waals surface area contributed by atoms with Crippen LogP contribution in [0.4, 0.5) is 5.69 Å². The van der Waals surface area contributed by atoms with Crippen molar-refractivity contribution in [1.29, 1.82) is 0 Å². The predicted molar refractivity (Wildman–Crippen MR) is 75.6 cm³/mol. The van der Waals surface area contributed by atoms with Gasteiger partial charge in [0.05, 0.1) is 11.3 Å². The SMILES string of the molecule is Cc1cc(C)c2c(c1)C(=O)C(=O)N2CC(C)CBr. The van der Waals surface area contributed by atoms with Crippen LogP contribution in [0, 0.1) is 19.8 Å². The average molecular weight is 310 g/mol. The molecule has 1 aliphatic heterocycles. The van der Waals surface area contributed by atoms with Crippen LogP contribution in [0.25, 0.3) is 0 Å². The molecular formula is C14H16BrNO2. The van der Waals surface area contributed by atoms with Crippen LogP contribution in [0.5, 0.6) is 0 Å². The molecule has 0 bridgehead atoms. The summed E-state index contributed by atoms with van der Waals surface area (Å²) >= 11 is 3.40. The molecule has 0 radical (unpaired) electrons. The van der Waals surface area contributed by atoms with Crippen molar-refractivity contribution in [2.24, 2.45) is 5.92 Å². The number of anilines is 1. The maximum atomic E-state index is 12.0. The van der Waals surface area contributed by atoms with Crippen molar-refractivity contribution in [3.8, 4) is 0 Å². The topological polar surface area (TPSA) is 37.4 Å². The van der Waals surface area contributed by atoms with Crippen molar-refractivity contribution in [3.63, 3.8) is 0 Å². The monoisotopic (exact) mass is 309 g/mol. The molecule has 0 N–H and O–H groups in total. The first-order valence-electron chi connectivity index (χ1n) is 5.99. The van der Waals surface area contributed by atoms with Gasteiger partial charge in [-0.2, -0.15) is 0 Å². The number of alkyl halides is 1. The second kappa shape index (κ2) is 4.84. The number of fused-ring (bicyclic) bond motifs is 1. The number of nitrogens with zero attached hydrogens (tertiary/aromatic N) is 1. The summed E-state index contributed by atoms with van der Waals surface area (Å²) in [5, 5.41) is 0.811. The van der Waals surface area contributed by atoms with Gasteiger partial charge in [-0.25, -0.2) is 0 Å². The number of benzene rings is 1. The standard InChI is InChI=1S/C14H16BrNO2/c1-8-4-10(3)12-11(5-8)13(17)14(18)16(12)7-9(2)6-15/h4-5,9H,6-7H2,1-3H3. The third kappa shape index (κ3) is 2.09. The minimum Gasteiger partial charge on any atom is -0.304 e. The average Bonchev–Trinajstić information content (AvgIpc) is 2.54. The Hall–Kier alpha value is -1.16. The molecular weight excluding hydrogens is 294 g/mol. The fraction of sp³-hybridized carbons (Fsp3) is 0.429. The molecule has 1 atom stereocenters. The van der Waals surface area contributed by atoms with E-state index in [4.69, 9.17) is 0 Å². The molecule has 18 heavy (non-hydrogen) atoms. The lowest BCUT2D eigenvalue weighted by Gasteiger charge is -2.21. The molecule has 1 heterocycles. The molecule has 0 saturated heterocycles. The highest BCUT2D eigenvalue weighted by atomic mass is 79.9. The Morgan fingerprint density at radius 1 is 1.28 bits per heavy atom. The first-order chi connectivity index (χ1) is 8.45. The summed E-state index contributed by atoms with van der Waals surface area (Å²) < 4.78 is 0. The number of halogens is 1. The quantitative estimate of drug-likeness (QED) is 0.636. The summed E-state index contributed by atoms with van der Waals surface area (Å²) in [6, 6.07) is 3.82. The van der Waals surface area contributed by atoms with E-state index in [0.29, 0.717) is 18.0 Å². The Kier molecular flexibility index (Phi) is 3.57. The first kappa shape index (κ1) is 13.3. The molecule has 0 spiro atoms. The molecule has 1 unspecified atom stereocenters. The van der Waals surface area contributed by atoms with E-state index in [1.165, 1.54) is 0 Å². The molecule has 1 amide bonds. The zero-order valence-corrected chi connectivity index (χ0v) is 12.4. The van der Waals surface area contributed by atoms with Gasteiger partial charge in [0.2, 0.25) is 0 Å². The van der Waals surface area contributed by atoms with Gasteiger partial charge in [-0.05, 0) is 37.0 Å². The van der Waals surface area contributed by atoms with E-state index in [1.54, 1.807) is 11.0 Å². The van der Waals surface area contributed by atoms with Crippen LogP contribution in [0.1, 0.15) is 28.4 Å². The van der Waals surface area contributed by atoms with Crippen molar-refractivity contribution < 1.29 is 9.59 Å². The van der Waals surface area contributed by atoms with E-state index in [9.17, 15) is 9.59 Å². The summed E-state index contributed by atoms with van der Waals surface area (Å²) in [7, 11) is 0. The van der Waals surface area contributed by atoms with Gasteiger partial charge in [0.1, 0.15) is 0 Å². The molecule has 0 aromatic heterocycles. The van der Waals surface area contributed by atoms with Gasteiger partial charge in [-0.3, -0.25) is 9.59 Å². The number of amides is 1. The van der Waals surface area contributed by atoms with Crippen LogP contribution in [0.3, 0.4) is 0 Å². The van der Waals surface area contributed by atoms with E-state index in [0.717, 1.165) is 22.1 Å². The van der Waals surface area contributed by atoms with Crippen molar-refractivity contribution in [3.05, 3.63) is 28.8 Å². The fourth-order valence-electron chi connectivity index (χ4n) is 2.37. The van der Waals surface area contributed by atoms with E-state index in [1.807, 2.05) is 26.8 Å². The van der Waals surface area contributed by atoms with Crippen molar-refractivity contribution in [1.82, 2.24) is 0 Å². The van der Waals surface area contributed by atoms with Crippen LogP contribution >= 0.6 is 15.9 Å². The molecule has 0 aliphatic carbocycles. The number of rotatable bonds is 3. The van der Waals surface area contributed by atoms with Crippen molar-refractivity contribution in [2.75, 3.05) is 16.8 Å². The highest BCUT2D eigenvalue weighted by Crippen LogP contribution is 2.34. The van der Waals surface area contributed by atoms with Crippen LogP contribution in [-0.4, -0.2) is 23.6 Å². The lowest BCUT2D eigenvalue weighted by Crippen LogP contribution is -2.34. The number of Topliss-reactive ketones (excluding diaryl/α,β-unsaturated/α-hetero) is 1. The second-order valence-electron chi connectivity index (χ2n) is 4.98. The molecule has 0 fully saturated rings. The third-order valence-corrected chi connectivity index (χ3v) is 4.26. The minimum absolute atomic E-state index is 0.313. The first-order valence-corrected chi connectivity index (χ1v) is 7.11. The molecule has 2 rings (SSSR count). The summed E-state index contributed by atoms with van der Waals surface area (Å²) in [5.74, 6) is -0.460. The van der Waals surface area contributed by atoms with Crippen molar-refractivity contribution >= 4 is 33.3 Å². The highest BCUT2D eigenvalue weighted by molar-refractivity contribution is 9.09. The molecule has 96 valence electrons. The lowest BCUT2D eigenvalue weighted by molar-refractivity contribution is -0.114. The van der Waals surface area contributed by atoms with E-state index < -0.39 is 5.91 Å². The predicted octanol–water partition coefficient (Wildman–Crippen LogP) is 2.86. The van der Waals surface area contributed by atoms with Gasteiger partial charge < -0.3 is 4.90 Å². The molecule has 0 saturated carbocycles. The summed E-state index contributed by atoms with van der Waals surface area (Å²) in [5.41, 5.74) is 3.36. The van der Waals surface area contributed by atoms with E-state index >= 15 is 0 Å². The van der Waals surface area contributed by atoms with Gasteiger partial charge in [-0.15, -0.1) is 0 Å². The van der Waals surface area contributed by atoms with Crippen LogP contribution in [-0.2, 0) is 4.79 Å². The molecule has 1 aromatic rings. The Morgan fingerprint density at radius 3 is 2.56 bits per heavy atom. The number of hydrogen-bond acceptors (Lipinski definition) is 2. The summed E-state index contributed by atoms with van der Waals surface area (Å²) in [6.07, 6.45) is 0. The number of ketones is 1. The third-order valence-electron chi connectivity index (χ3n) is 3.16. The fourth-order valence-corrected chi connectivity index (χ4v) is 2.57. The van der Waals surface area contributed by atoms with Crippen LogP contribution in [0.15, 0.2) is 12.1 Å². The minimum atomic E-state index is -0.397. The van der Waals surface area contributed by atoms with E-state index in [-0.39, 0.29) is 5.78 Å². The van der Waals surface area contributed by atoms with Gasteiger partial charge in [-0.1, -0.05) is 28.9 Å². The summed E-state index contributed by atoms with van der Waals surface area (Å²) in [4.78, 5) is 25.6. The Bertz CT molecular complexity index is 525. The van der Waals surface area contributed by atoms with Crippen molar-refractivity contribution in [2.45, 2.75) is 20.8 Å². The molecule has 1 aliphatic rings. The Labute approximate surface area is 115 Å². The second-order valence-corrected chi connectivity index (χ2v) is 5.63. The lowest BCUT2D eigenvalue weighted by atomic mass is 10.0. The number of aryl methyl sites for hydroxylation is 2. The number of carbonyl (C=O) groups is 2. The van der Waals surface area contributed by atoms with Gasteiger partial charge >= 0.3 is 0 Å². The zero-order chi connectivity index (χ0) is 13.4. The maximum Gasteiger partial charge on any atom is 0.299 e. The van der Waals surface area contributed by atoms with Gasteiger partial charge in [0, 0.05) is 11.9 Å². The summed E-state index contributed by atoms with van der Waals surface area (Å²) in [6.45, 7) is 6.51. The Balaban J connectivity index is 2.48. The number of hydrogen-bond donors (Lipinski definition) is 0. The van der Waals surface area contributed by atoms with Gasteiger partial charge in [0.15, 0.2) is 0 Å². The van der Waals surface area contributed by atoms with Crippen LogP contribution in [0.2, 0.25) is 0 Å².